The Morgan fingerprint density at radius 2 is 1.98 bits per heavy atom. The van der Waals surface area contributed by atoms with Gasteiger partial charge >= 0.3 is 0 Å². The summed E-state index contributed by atoms with van der Waals surface area (Å²) in [6.45, 7) is 2.69. The smallest absolute Gasteiger partial charge is 0.240 e. The summed E-state index contributed by atoms with van der Waals surface area (Å²) in [5.74, 6) is 1.35. The predicted octanol–water partition coefficient (Wildman–Crippen LogP) is 3.23. The van der Waals surface area contributed by atoms with Crippen LogP contribution in [0.4, 0.5) is 5.13 Å². The van der Waals surface area contributed by atoms with Gasteiger partial charge in [-0.25, -0.2) is 4.98 Å². The number of nitrogens with one attached hydrogen (secondary N) is 1. The zero-order valence-corrected chi connectivity index (χ0v) is 25.7. The number of hydrogen-bond acceptors (Lipinski definition) is 9. The predicted molar refractivity (Wildman–Crippen MR) is 165 cm³/mol. The van der Waals surface area contributed by atoms with E-state index in [0.717, 1.165) is 34.5 Å². The maximum atomic E-state index is 13.4. The van der Waals surface area contributed by atoms with Gasteiger partial charge in [0.25, 0.3) is 0 Å². The van der Waals surface area contributed by atoms with Crippen LogP contribution in [0.15, 0.2) is 42.5 Å². The van der Waals surface area contributed by atoms with E-state index in [1.165, 1.54) is 11.3 Å². The van der Waals surface area contributed by atoms with Crippen LogP contribution in [0.5, 0.6) is 17.2 Å². The van der Waals surface area contributed by atoms with Gasteiger partial charge in [0.05, 0.1) is 44.5 Å². The highest BCUT2D eigenvalue weighted by molar-refractivity contribution is 7.15. The average molecular weight is 620 g/mol. The van der Waals surface area contributed by atoms with Crippen molar-refractivity contribution in [1.29, 1.82) is 0 Å². The van der Waals surface area contributed by atoms with Crippen molar-refractivity contribution in [2.45, 2.75) is 63.8 Å². The monoisotopic (exact) mass is 619 g/mol. The van der Waals surface area contributed by atoms with Crippen molar-refractivity contribution in [3.8, 4) is 17.2 Å². The molecule has 3 N–H and O–H groups in total. The number of nitrogens with two attached hydrogens (primary N) is 1. The number of fused-ring (bicyclic) bond motifs is 9. The molecule has 4 bridgehead atoms. The van der Waals surface area contributed by atoms with Crippen LogP contribution in [0.25, 0.3) is 0 Å². The number of methoxy groups -OCH3 is 1. The second-order valence-corrected chi connectivity index (χ2v) is 12.7. The van der Waals surface area contributed by atoms with Gasteiger partial charge in [-0.2, -0.15) is 0 Å². The summed E-state index contributed by atoms with van der Waals surface area (Å²) in [4.78, 5) is 48.5. The van der Waals surface area contributed by atoms with E-state index in [2.05, 4.69) is 10.3 Å². The molecule has 11 nitrogen and oxygen atoms in total. The SMILES string of the molecule is COc1cc2ccc1Oc1cccc(c1)CO[C@H]1CN(C(=O)Cc3sc(N)nc3C)C[C@@H]1NC(=O)CN(C1CC1)C(=O)CC2. The largest absolute Gasteiger partial charge is 0.493 e. The fourth-order valence-electron chi connectivity index (χ4n) is 5.74. The lowest BCUT2D eigenvalue weighted by Crippen LogP contribution is -2.49. The lowest BCUT2D eigenvalue weighted by atomic mass is 10.1. The van der Waals surface area contributed by atoms with E-state index in [4.69, 9.17) is 19.9 Å². The van der Waals surface area contributed by atoms with Gasteiger partial charge in [-0.3, -0.25) is 14.4 Å². The van der Waals surface area contributed by atoms with E-state index in [1.807, 2.05) is 49.4 Å². The minimum atomic E-state index is -0.445. The number of aromatic nitrogens is 1. The molecule has 4 heterocycles. The van der Waals surface area contributed by atoms with Gasteiger partial charge < -0.3 is 35.1 Å². The quantitative estimate of drug-likeness (QED) is 0.455. The molecule has 4 aliphatic rings. The van der Waals surface area contributed by atoms with Crippen LogP contribution in [0.2, 0.25) is 0 Å². The van der Waals surface area contributed by atoms with Crippen molar-refractivity contribution in [3.63, 3.8) is 0 Å². The molecule has 3 amide bonds. The number of carbonyl (C=O) groups is 3. The summed E-state index contributed by atoms with van der Waals surface area (Å²) >= 11 is 1.31. The molecular weight excluding hydrogens is 582 g/mol. The molecule has 44 heavy (non-hydrogen) atoms. The van der Waals surface area contributed by atoms with E-state index in [-0.39, 0.29) is 49.8 Å². The van der Waals surface area contributed by atoms with E-state index in [1.54, 1.807) is 16.9 Å². The minimum absolute atomic E-state index is 0.0296. The first-order chi connectivity index (χ1) is 21.2. The molecule has 0 spiro atoms. The number of thiazole rings is 1. The Bertz CT molecular complexity index is 1560. The van der Waals surface area contributed by atoms with Crippen molar-refractivity contribution in [2.24, 2.45) is 0 Å². The van der Waals surface area contributed by atoms with Crippen LogP contribution in [0, 0.1) is 6.92 Å². The maximum absolute atomic E-state index is 13.4. The van der Waals surface area contributed by atoms with E-state index >= 15 is 0 Å². The second-order valence-electron chi connectivity index (χ2n) is 11.5. The summed E-state index contributed by atoms with van der Waals surface area (Å²) in [6, 6.07) is 12.9. The van der Waals surface area contributed by atoms with Crippen molar-refractivity contribution >= 4 is 34.2 Å². The molecular formula is C32H37N5O6S. The first kappa shape index (κ1) is 29.9. The fourth-order valence-corrected chi connectivity index (χ4v) is 6.56. The summed E-state index contributed by atoms with van der Waals surface area (Å²) < 4.78 is 18.1. The topological polar surface area (TPSA) is 136 Å². The van der Waals surface area contributed by atoms with Crippen LogP contribution >= 0.6 is 11.3 Å². The van der Waals surface area contributed by atoms with Crippen molar-refractivity contribution in [3.05, 3.63) is 64.2 Å². The summed E-state index contributed by atoms with van der Waals surface area (Å²) in [5.41, 5.74) is 8.42. The summed E-state index contributed by atoms with van der Waals surface area (Å²) in [5, 5.41) is 3.52. The zero-order chi connectivity index (χ0) is 30.8. The molecule has 1 saturated heterocycles. The van der Waals surface area contributed by atoms with Crippen LogP contribution in [-0.2, 0) is 38.6 Å². The van der Waals surface area contributed by atoms with Crippen LogP contribution < -0.4 is 20.5 Å². The van der Waals surface area contributed by atoms with E-state index in [9.17, 15) is 14.4 Å². The van der Waals surface area contributed by atoms with Gasteiger partial charge in [-0.15, -0.1) is 11.3 Å². The van der Waals surface area contributed by atoms with Crippen molar-refractivity contribution < 1.29 is 28.6 Å². The molecule has 12 heteroatoms. The highest BCUT2D eigenvalue weighted by Gasteiger charge is 2.39. The lowest BCUT2D eigenvalue weighted by Gasteiger charge is -2.25. The maximum Gasteiger partial charge on any atom is 0.240 e. The number of nitrogen functional groups attached to an aromatic ring is 1. The molecule has 1 aromatic heterocycles. The number of benzene rings is 2. The highest BCUT2D eigenvalue weighted by Crippen LogP contribution is 2.34. The Hall–Kier alpha value is -4.16. The molecule has 3 aromatic rings. The van der Waals surface area contributed by atoms with E-state index < -0.39 is 12.1 Å². The number of amides is 3. The molecule has 1 aliphatic carbocycles. The Labute approximate surface area is 260 Å². The van der Waals surface area contributed by atoms with Gasteiger partial charge in [0.2, 0.25) is 17.7 Å². The van der Waals surface area contributed by atoms with Crippen molar-refractivity contribution in [1.82, 2.24) is 20.1 Å². The molecule has 0 radical (unpaired) electrons. The fraction of sp³-hybridized carbons (Fsp3) is 0.438. The number of hydrogen-bond donors (Lipinski definition) is 2. The van der Waals surface area contributed by atoms with Gasteiger partial charge in [0.1, 0.15) is 5.75 Å². The Balaban J connectivity index is 1.25. The molecule has 2 aromatic carbocycles. The molecule has 232 valence electrons. The average Bonchev–Trinajstić information content (AvgIpc) is 3.69. The minimum Gasteiger partial charge on any atom is -0.493 e. The van der Waals surface area contributed by atoms with Gasteiger partial charge in [0.15, 0.2) is 16.6 Å². The number of ether oxygens (including phenoxy) is 3. The molecule has 0 unspecified atom stereocenters. The number of anilines is 1. The number of carbonyl (C=O) groups excluding carboxylic acids is 3. The number of rotatable bonds is 4. The van der Waals surface area contributed by atoms with Gasteiger partial charge in [0, 0.05) is 30.4 Å². The summed E-state index contributed by atoms with van der Waals surface area (Å²) in [7, 11) is 1.59. The van der Waals surface area contributed by atoms with Gasteiger partial charge in [-0.05, 0) is 61.6 Å². The number of likely N-dealkylation sites (tertiary alicyclic amines) is 1. The Morgan fingerprint density at radius 3 is 2.73 bits per heavy atom. The molecule has 7 rings (SSSR count). The lowest BCUT2D eigenvalue weighted by molar-refractivity contribution is -0.137. The van der Waals surface area contributed by atoms with Gasteiger partial charge in [-0.1, -0.05) is 18.2 Å². The third-order valence-electron chi connectivity index (χ3n) is 8.25. The molecule has 2 atom stereocenters. The first-order valence-corrected chi connectivity index (χ1v) is 15.7. The third kappa shape index (κ3) is 6.97. The van der Waals surface area contributed by atoms with Crippen LogP contribution in [0.1, 0.15) is 41.0 Å². The normalized spacial score (nSPS) is 21.1. The van der Waals surface area contributed by atoms with Crippen LogP contribution in [0.3, 0.4) is 0 Å². The standard InChI is InChI=1S/C32H37N5O6S/c1-19-28(44-32(33)34-19)14-31(40)36-15-24-27(16-36)42-18-21-4-3-5-23(12-21)43-25-10-6-20(13-26(25)41-2)7-11-30(39)37(22-8-9-22)17-29(38)35-24/h3-6,10,12-13,22,24,27H,7-9,11,14-18H2,1-2H3,(H2,33,34)(H,35,38)/t24-,27-/m0/s1. The third-order valence-corrected chi connectivity index (χ3v) is 9.24. The molecule has 3 aliphatic heterocycles. The Morgan fingerprint density at radius 1 is 1.14 bits per heavy atom. The summed E-state index contributed by atoms with van der Waals surface area (Å²) in [6.07, 6.45) is 2.29. The first-order valence-electron chi connectivity index (χ1n) is 14.9. The molecule has 1 saturated carbocycles. The number of nitrogens with zero attached hydrogens (tertiary/aromatic N) is 3. The van der Waals surface area contributed by atoms with E-state index in [0.29, 0.717) is 41.9 Å². The molecule has 2 fully saturated rings. The van der Waals surface area contributed by atoms with Crippen molar-refractivity contribution in [2.75, 3.05) is 32.5 Å². The Kier molecular flexibility index (Phi) is 8.72. The zero-order valence-electron chi connectivity index (χ0n) is 24.9. The van der Waals surface area contributed by atoms with Crippen LogP contribution in [-0.4, -0.2) is 77.4 Å². The second kappa shape index (κ2) is 12.8. The number of aryl methyl sites for hydroxylation is 2. The highest BCUT2D eigenvalue weighted by atomic mass is 32.1.